The Morgan fingerprint density at radius 1 is 0.897 bits per heavy atom. The van der Waals surface area contributed by atoms with Crippen LogP contribution in [-0.2, 0) is 6.42 Å². The zero-order chi connectivity index (χ0) is 26.8. The predicted octanol–water partition coefficient (Wildman–Crippen LogP) is 7.21. The van der Waals surface area contributed by atoms with Gasteiger partial charge in [0.2, 0.25) is 5.88 Å². The van der Waals surface area contributed by atoms with Gasteiger partial charge in [-0.15, -0.1) is 5.10 Å². The van der Waals surface area contributed by atoms with Gasteiger partial charge in [-0.25, -0.2) is 14.1 Å². The van der Waals surface area contributed by atoms with Crippen molar-refractivity contribution in [1.82, 2.24) is 20.0 Å². The molecule has 0 fully saturated rings. The van der Waals surface area contributed by atoms with Crippen molar-refractivity contribution in [3.63, 3.8) is 0 Å². The second kappa shape index (κ2) is 10.3. The fourth-order valence-electron chi connectivity index (χ4n) is 4.46. The van der Waals surface area contributed by atoms with Gasteiger partial charge in [-0.1, -0.05) is 65.9 Å². The summed E-state index contributed by atoms with van der Waals surface area (Å²) in [5.74, 6) is -0.167. The maximum atomic E-state index is 13.9. The van der Waals surface area contributed by atoms with Crippen LogP contribution in [0.4, 0.5) is 4.39 Å². The van der Waals surface area contributed by atoms with Crippen LogP contribution < -0.4 is 4.74 Å². The van der Waals surface area contributed by atoms with Crippen LogP contribution in [0.15, 0.2) is 109 Å². The van der Waals surface area contributed by atoms with Gasteiger partial charge in [0.05, 0.1) is 23.0 Å². The minimum absolute atomic E-state index is 0.165. The highest BCUT2D eigenvalue weighted by atomic mass is 19.1. The van der Waals surface area contributed by atoms with E-state index in [-0.39, 0.29) is 17.1 Å². The largest absolute Gasteiger partial charge is 0.438 e. The summed E-state index contributed by atoms with van der Waals surface area (Å²) >= 11 is 0. The Hall–Kier alpha value is -5.17. The van der Waals surface area contributed by atoms with Crippen LogP contribution >= 0.6 is 0 Å². The minimum Gasteiger partial charge on any atom is -0.438 e. The normalized spacial score (nSPS) is 11.0. The van der Waals surface area contributed by atoms with E-state index >= 15 is 0 Å². The predicted molar refractivity (Wildman–Crippen MR) is 148 cm³/mol. The molecule has 39 heavy (non-hydrogen) atoms. The molecule has 6 aromatic rings. The molecule has 0 spiro atoms. The second-order valence-electron chi connectivity index (χ2n) is 9.21. The molecular weight excluding hydrogens is 491 g/mol. The molecule has 0 unspecified atom stereocenters. The third kappa shape index (κ3) is 5.15. The van der Waals surface area contributed by atoms with Gasteiger partial charge < -0.3 is 4.74 Å². The minimum atomic E-state index is -0.500. The van der Waals surface area contributed by atoms with Crippen LogP contribution in [0.2, 0.25) is 0 Å². The summed E-state index contributed by atoms with van der Waals surface area (Å²) in [6.07, 6.45) is 2.45. The van der Waals surface area contributed by atoms with Crippen LogP contribution in [0.3, 0.4) is 0 Å². The van der Waals surface area contributed by atoms with Crippen LogP contribution in [0.1, 0.15) is 28.4 Å². The molecule has 0 aliphatic rings. The summed E-state index contributed by atoms with van der Waals surface area (Å²) in [6.45, 7) is 1.38. The third-order valence-corrected chi connectivity index (χ3v) is 6.43. The second-order valence-corrected chi connectivity index (χ2v) is 9.21. The maximum absolute atomic E-state index is 13.9. The van der Waals surface area contributed by atoms with E-state index in [1.54, 1.807) is 4.68 Å². The molecule has 0 aliphatic carbocycles. The monoisotopic (exact) mass is 514 g/mol. The molecule has 0 radical (unpaired) electrons. The van der Waals surface area contributed by atoms with Crippen molar-refractivity contribution < 1.29 is 13.9 Å². The van der Waals surface area contributed by atoms with E-state index in [0.29, 0.717) is 17.8 Å². The lowest BCUT2D eigenvalue weighted by Gasteiger charge is -2.14. The summed E-state index contributed by atoms with van der Waals surface area (Å²) in [7, 11) is 0. The molecular formula is C32H23FN4O2. The van der Waals surface area contributed by atoms with E-state index in [1.165, 1.54) is 25.1 Å². The van der Waals surface area contributed by atoms with E-state index < -0.39 is 5.82 Å². The molecule has 4 aromatic carbocycles. The molecule has 0 saturated heterocycles. The Kier molecular flexibility index (Phi) is 6.39. The molecule has 2 heterocycles. The number of halogens is 1. The van der Waals surface area contributed by atoms with Crippen LogP contribution in [-0.4, -0.2) is 25.8 Å². The molecule has 2 aromatic heterocycles. The number of ether oxygens (including phenoxy) is 1. The number of carbonyl (C=O) groups is 1. The first kappa shape index (κ1) is 24.2. The Morgan fingerprint density at radius 3 is 2.44 bits per heavy atom. The van der Waals surface area contributed by atoms with Crippen molar-refractivity contribution >= 4 is 16.7 Å². The average Bonchev–Trinajstić information content (AvgIpc) is 3.45. The molecule has 6 rings (SSSR count). The SMILES string of the molecule is CC(=O)c1cc(F)ccc1Oc1nc2ccc(-n3cc(-c4ccccc4)nn3)cc2cc1Cc1ccccc1. The third-order valence-electron chi connectivity index (χ3n) is 6.43. The van der Waals surface area contributed by atoms with Crippen molar-refractivity contribution in [3.8, 4) is 28.6 Å². The van der Waals surface area contributed by atoms with E-state index in [2.05, 4.69) is 10.3 Å². The first-order chi connectivity index (χ1) is 19.0. The van der Waals surface area contributed by atoms with Gasteiger partial charge in [0.1, 0.15) is 17.3 Å². The number of fused-ring (bicyclic) bond motifs is 1. The number of pyridine rings is 1. The number of rotatable bonds is 7. The van der Waals surface area contributed by atoms with E-state index in [9.17, 15) is 9.18 Å². The van der Waals surface area contributed by atoms with Crippen molar-refractivity contribution in [2.24, 2.45) is 0 Å². The first-order valence-electron chi connectivity index (χ1n) is 12.5. The van der Waals surface area contributed by atoms with E-state index in [1.807, 2.05) is 91.1 Å². The lowest BCUT2D eigenvalue weighted by atomic mass is 10.0. The number of aromatic nitrogens is 4. The van der Waals surface area contributed by atoms with Crippen molar-refractivity contribution in [1.29, 1.82) is 0 Å². The van der Waals surface area contributed by atoms with Crippen LogP contribution in [0, 0.1) is 5.82 Å². The number of hydrogen-bond acceptors (Lipinski definition) is 5. The summed E-state index contributed by atoms with van der Waals surface area (Å²) in [6, 6.07) is 31.6. The molecule has 0 N–H and O–H groups in total. The van der Waals surface area contributed by atoms with Crippen molar-refractivity contribution in [2.45, 2.75) is 13.3 Å². The zero-order valence-electron chi connectivity index (χ0n) is 21.1. The molecule has 0 aliphatic heterocycles. The Labute approximate surface area is 224 Å². The highest BCUT2D eigenvalue weighted by molar-refractivity contribution is 5.97. The number of Topliss-reactive ketones (excluding diaryl/α,β-unsaturated/α-hetero) is 1. The van der Waals surface area contributed by atoms with Gasteiger partial charge in [-0.3, -0.25) is 4.79 Å². The quantitative estimate of drug-likeness (QED) is 0.211. The Bertz CT molecular complexity index is 1800. The lowest BCUT2D eigenvalue weighted by molar-refractivity contribution is 0.101. The Morgan fingerprint density at radius 2 is 1.67 bits per heavy atom. The molecule has 0 bridgehead atoms. The first-order valence-corrected chi connectivity index (χ1v) is 12.5. The fraction of sp³-hybridized carbons (Fsp3) is 0.0625. The standard InChI is InChI=1S/C32H23FN4O2/c1-21(38)28-19-26(33)12-15-31(28)39-32-25(16-22-8-4-2-5-9-22)17-24-18-27(13-14-29(24)34-32)37-20-30(35-36-37)23-10-6-3-7-11-23/h2-15,17-20H,16H2,1H3. The van der Waals surface area contributed by atoms with Gasteiger partial charge >= 0.3 is 0 Å². The number of nitrogens with zero attached hydrogens (tertiary/aromatic N) is 4. The maximum Gasteiger partial charge on any atom is 0.223 e. The highest BCUT2D eigenvalue weighted by Crippen LogP contribution is 2.32. The number of hydrogen-bond donors (Lipinski definition) is 0. The van der Waals surface area contributed by atoms with Gasteiger partial charge in [0, 0.05) is 22.9 Å². The van der Waals surface area contributed by atoms with Crippen LogP contribution in [0.5, 0.6) is 11.6 Å². The number of ketones is 1. The van der Waals surface area contributed by atoms with Gasteiger partial charge in [-0.2, -0.15) is 0 Å². The molecule has 0 atom stereocenters. The Balaban J connectivity index is 1.42. The molecule has 190 valence electrons. The number of benzene rings is 4. The lowest BCUT2D eigenvalue weighted by Crippen LogP contribution is -2.02. The molecule has 0 saturated carbocycles. The van der Waals surface area contributed by atoms with Crippen molar-refractivity contribution in [3.05, 3.63) is 132 Å². The summed E-state index contributed by atoms with van der Waals surface area (Å²) in [4.78, 5) is 17.0. The highest BCUT2D eigenvalue weighted by Gasteiger charge is 2.16. The topological polar surface area (TPSA) is 69.9 Å². The summed E-state index contributed by atoms with van der Waals surface area (Å²) < 4.78 is 21.8. The number of carbonyl (C=O) groups excluding carboxylic acids is 1. The van der Waals surface area contributed by atoms with E-state index in [0.717, 1.165) is 33.5 Å². The smallest absolute Gasteiger partial charge is 0.223 e. The van der Waals surface area contributed by atoms with Gasteiger partial charge in [0.15, 0.2) is 5.78 Å². The van der Waals surface area contributed by atoms with Gasteiger partial charge in [0.25, 0.3) is 0 Å². The summed E-state index contributed by atoms with van der Waals surface area (Å²) in [5, 5.41) is 9.55. The zero-order valence-corrected chi connectivity index (χ0v) is 21.1. The van der Waals surface area contributed by atoms with Crippen LogP contribution in [0.25, 0.3) is 27.8 Å². The fourth-order valence-corrected chi connectivity index (χ4v) is 4.46. The average molecular weight is 515 g/mol. The molecule has 0 amide bonds. The van der Waals surface area contributed by atoms with E-state index in [4.69, 9.17) is 9.72 Å². The van der Waals surface area contributed by atoms with Crippen molar-refractivity contribution in [2.75, 3.05) is 0 Å². The molecule has 6 nitrogen and oxygen atoms in total. The molecule has 7 heteroatoms. The van der Waals surface area contributed by atoms with Gasteiger partial charge in [-0.05, 0) is 55.0 Å². The summed E-state index contributed by atoms with van der Waals surface area (Å²) in [5.41, 5.74) is 5.39.